The van der Waals surface area contributed by atoms with Gasteiger partial charge in [-0.1, -0.05) is 5.92 Å². The lowest BCUT2D eigenvalue weighted by molar-refractivity contribution is -0.144. The number of rotatable bonds is 5. The third kappa shape index (κ3) is 3.33. The van der Waals surface area contributed by atoms with E-state index in [0.29, 0.717) is 17.9 Å². The molecule has 0 spiro atoms. The van der Waals surface area contributed by atoms with Gasteiger partial charge in [0, 0.05) is 18.6 Å². The summed E-state index contributed by atoms with van der Waals surface area (Å²) in [6.45, 7) is 0.424. The highest BCUT2D eigenvalue weighted by Gasteiger charge is 2.44. The second-order valence-corrected chi connectivity index (χ2v) is 4.66. The molecule has 1 aromatic rings. The predicted molar refractivity (Wildman–Crippen MR) is 74.0 cm³/mol. The number of carbonyl (C=O) groups is 2. The van der Waals surface area contributed by atoms with E-state index in [1.165, 1.54) is 0 Å². The summed E-state index contributed by atoms with van der Waals surface area (Å²) < 4.78 is 10.3. The molecule has 0 radical (unpaired) electrons. The number of terminal acetylenes is 1. The van der Waals surface area contributed by atoms with Crippen LogP contribution < -0.4 is 10.1 Å². The average molecular weight is 289 g/mol. The number of carboxylic acids is 1. The summed E-state index contributed by atoms with van der Waals surface area (Å²) in [4.78, 5) is 23.5. The Hall–Kier alpha value is -2.52. The van der Waals surface area contributed by atoms with Crippen molar-refractivity contribution in [2.75, 3.05) is 19.8 Å². The topological polar surface area (TPSA) is 84.9 Å². The fourth-order valence-corrected chi connectivity index (χ4v) is 2.00. The molecular weight excluding hydrogens is 274 g/mol. The highest BCUT2D eigenvalue weighted by atomic mass is 16.5. The highest BCUT2D eigenvalue weighted by molar-refractivity contribution is 5.98. The minimum absolute atomic E-state index is 0.0303. The third-order valence-corrected chi connectivity index (χ3v) is 3.22. The fraction of sp³-hybridized carbons (Fsp3) is 0.333. The highest BCUT2D eigenvalue weighted by Crippen LogP contribution is 2.20. The summed E-state index contributed by atoms with van der Waals surface area (Å²) in [6, 6.07) is 6.30. The van der Waals surface area contributed by atoms with E-state index in [1.54, 1.807) is 24.3 Å². The Kier molecular flexibility index (Phi) is 4.45. The van der Waals surface area contributed by atoms with E-state index in [9.17, 15) is 14.7 Å². The SMILES string of the molecule is C#CCOc1ccc(C(=O)NC2(C(=O)O)CCOC2)cc1. The molecule has 1 aliphatic heterocycles. The largest absolute Gasteiger partial charge is 0.481 e. The van der Waals surface area contributed by atoms with Crippen molar-refractivity contribution in [1.29, 1.82) is 0 Å². The van der Waals surface area contributed by atoms with Crippen molar-refractivity contribution >= 4 is 11.9 Å². The molecule has 1 aliphatic rings. The quantitative estimate of drug-likeness (QED) is 0.778. The van der Waals surface area contributed by atoms with Crippen LogP contribution in [0, 0.1) is 12.3 Å². The maximum atomic E-state index is 12.1. The molecule has 1 unspecified atom stereocenters. The van der Waals surface area contributed by atoms with Crippen LogP contribution in [0.1, 0.15) is 16.8 Å². The second kappa shape index (κ2) is 6.29. The van der Waals surface area contributed by atoms with Crippen LogP contribution in [0.15, 0.2) is 24.3 Å². The van der Waals surface area contributed by atoms with Crippen molar-refractivity contribution in [3.63, 3.8) is 0 Å². The minimum atomic E-state index is -1.35. The number of amides is 1. The number of ether oxygens (including phenoxy) is 2. The Bertz CT molecular complexity index is 567. The average Bonchev–Trinajstić information content (AvgIpc) is 2.95. The minimum Gasteiger partial charge on any atom is -0.481 e. The first-order chi connectivity index (χ1) is 10.1. The van der Waals surface area contributed by atoms with Gasteiger partial charge in [-0.3, -0.25) is 4.79 Å². The van der Waals surface area contributed by atoms with E-state index in [4.69, 9.17) is 15.9 Å². The lowest BCUT2D eigenvalue weighted by atomic mass is 9.98. The van der Waals surface area contributed by atoms with Crippen LogP contribution in [-0.2, 0) is 9.53 Å². The molecule has 21 heavy (non-hydrogen) atoms. The molecule has 6 heteroatoms. The second-order valence-electron chi connectivity index (χ2n) is 4.66. The van der Waals surface area contributed by atoms with Gasteiger partial charge in [-0.25, -0.2) is 4.79 Å². The van der Waals surface area contributed by atoms with E-state index in [-0.39, 0.29) is 19.6 Å². The van der Waals surface area contributed by atoms with Crippen molar-refractivity contribution in [3.8, 4) is 18.1 Å². The first-order valence-electron chi connectivity index (χ1n) is 6.37. The van der Waals surface area contributed by atoms with E-state index in [2.05, 4.69) is 11.2 Å². The molecule has 110 valence electrons. The zero-order chi connectivity index (χ0) is 15.3. The van der Waals surface area contributed by atoms with Crippen molar-refractivity contribution < 1.29 is 24.2 Å². The Morgan fingerprint density at radius 2 is 2.14 bits per heavy atom. The molecule has 1 heterocycles. The maximum Gasteiger partial charge on any atom is 0.331 e. The number of benzene rings is 1. The molecule has 2 rings (SSSR count). The van der Waals surface area contributed by atoms with Crippen molar-refractivity contribution in [2.45, 2.75) is 12.0 Å². The van der Waals surface area contributed by atoms with Crippen LogP contribution in [0.3, 0.4) is 0 Å². The van der Waals surface area contributed by atoms with Gasteiger partial charge in [0.25, 0.3) is 5.91 Å². The lowest BCUT2D eigenvalue weighted by Gasteiger charge is -2.23. The van der Waals surface area contributed by atoms with E-state index in [1.807, 2.05) is 0 Å². The fourth-order valence-electron chi connectivity index (χ4n) is 2.00. The first kappa shape index (κ1) is 14.9. The number of hydrogen-bond donors (Lipinski definition) is 2. The van der Waals surface area contributed by atoms with Gasteiger partial charge in [-0.15, -0.1) is 6.42 Å². The van der Waals surface area contributed by atoms with Gasteiger partial charge >= 0.3 is 5.97 Å². The zero-order valence-electron chi connectivity index (χ0n) is 11.3. The summed E-state index contributed by atoms with van der Waals surface area (Å²) in [5.41, 5.74) is -1.01. The van der Waals surface area contributed by atoms with Crippen molar-refractivity contribution in [1.82, 2.24) is 5.32 Å². The van der Waals surface area contributed by atoms with E-state index >= 15 is 0 Å². The van der Waals surface area contributed by atoms with Crippen LogP contribution >= 0.6 is 0 Å². The molecule has 6 nitrogen and oxygen atoms in total. The van der Waals surface area contributed by atoms with Gasteiger partial charge in [-0.05, 0) is 24.3 Å². The van der Waals surface area contributed by atoms with Crippen LogP contribution in [0.2, 0.25) is 0 Å². The van der Waals surface area contributed by atoms with Gasteiger partial charge in [0.2, 0.25) is 0 Å². The van der Waals surface area contributed by atoms with E-state index < -0.39 is 17.4 Å². The van der Waals surface area contributed by atoms with Crippen LogP contribution in [0.4, 0.5) is 0 Å². The molecule has 1 amide bonds. The third-order valence-electron chi connectivity index (χ3n) is 3.22. The molecular formula is C15H15NO5. The molecule has 1 aromatic carbocycles. The molecule has 2 N–H and O–H groups in total. The first-order valence-corrected chi connectivity index (χ1v) is 6.37. The van der Waals surface area contributed by atoms with Crippen LogP contribution in [0.25, 0.3) is 0 Å². The summed E-state index contributed by atoms with van der Waals surface area (Å²) in [7, 11) is 0. The lowest BCUT2D eigenvalue weighted by Crippen LogP contribution is -2.55. The van der Waals surface area contributed by atoms with Gasteiger partial charge in [0.05, 0.1) is 6.61 Å². The number of carbonyl (C=O) groups excluding carboxylic acids is 1. The standard InChI is InChI=1S/C15H15NO5/c1-2-8-21-12-5-3-11(4-6-12)13(17)16-15(14(18)19)7-9-20-10-15/h1,3-6H,7-10H2,(H,16,17)(H,18,19). The number of nitrogens with one attached hydrogen (secondary N) is 1. The summed E-state index contributed by atoms with van der Waals surface area (Å²) in [5.74, 6) is 1.32. The van der Waals surface area contributed by atoms with Gasteiger partial charge < -0.3 is 19.9 Å². The van der Waals surface area contributed by atoms with Crippen LogP contribution in [0.5, 0.6) is 5.75 Å². The number of carboxylic acid groups (broad SMARTS) is 1. The Balaban J connectivity index is 2.06. The Morgan fingerprint density at radius 1 is 1.43 bits per heavy atom. The Morgan fingerprint density at radius 3 is 2.67 bits per heavy atom. The normalized spacial score (nSPS) is 20.5. The molecule has 0 bridgehead atoms. The molecule has 1 saturated heterocycles. The Labute approximate surface area is 122 Å². The molecule has 1 atom stereocenters. The van der Waals surface area contributed by atoms with E-state index in [0.717, 1.165) is 0 Å². The van der Waals surface area contributed by atoms with Crippen LogP contribution in [-0.4, -0.2) is 42.3 Å². The molecule has 1 fully saturated rings. The monoisotopic (exact) mass is 289 g/mol. The molecule has 0 aromatic heterocycles. The van der Waals surface area contributed by atoms with Crippen molar-refractivity contribution in [3.05, 3.63) is 29.8 Å². The summed E-state index contributed by atoms with van der Waals surface area (Å²) >= 11 is 0. The number of hydrogen-bond acceptors (Lipinski definition) is 4. The van der Waals surface area contributed by atoms with Gasteiger partial charge in [0.15, 0.2) is 5.54 Å². The van der Waals surface area contributed by atoms with Crippen molar-refractivity contribution in [2.24, 2.45) is 0 Å². The smallest absolute Gasteiger partial charge is 0.331 e. The summed E-state index contributed by atoms with van der Waals surface area (Å²) in [5, 5.41) is 11.8. The van der Waals surface area contributed by atoms with Gasteiger partial charge in [-0.2, -0.15) is 0 Å². The predicted octanol–water partition coefficient (Wildman–Crippen LogP) is 0.672. The molecule has 0 aliphatic carbocycles. The summed E-state index contributed by atoms with van der Waals surface area (Å²) in [6.07, 6.45) is 5.33. The zero-order valence-corrected chi connectivity index (χ0v) is 11.3. The maximum absolute atomic E-state index is 12.1. The van der Waals surface area contributed by atoms with Gasteiger partial charge in [0.1, 0.15) is 12.4 Å². The molecule has 0 saturated carbocycles. The number of aliphatic carboxylic acids is 1.